The van der Waals surface area contributed by atoms with Crippen molar-refractivity contribution >= 4 is 11.5 Å². The minimum Gasteiger partial charge on any atom is -0.447 e. The fraction of sp³-hybridized carbons (Fsp3) is 0. The highest BCUT2D eigenvalue weighted by Gasteiger charge is 2.06. The van der Waals surface area contributed by atoms with Gasteiger partial charge in [-0.1, -0.05) is 0 Å². The maximum absolute atomic E-state index is 5.61. The van der Waals surface area contributed by atoms with Gasteiger partial charge in [-0.05, 0) is 6.07 Å². The molecule has 0 atom stereocenters. The van der Waals surface area contributed by atoms with Crippen LogP contribution in [0.5, 0.6) is 0 Å². The van der Waals surface area contributed by atoms with Crippen molar-refractivity contribution in [1.29, 1.82) is 0 Å². The van der Waals surface area contributed by atoms with Crippen molar-refractivity contribution in [3.05, 3.63) is 24.6 Å². The van der Waals surface area contributed by atoms with E-state index < -0.39 is 0 Å². The second-order valence-electron chi connectivity index (χ2n) is 2.35. The quantitative estimate of drug-likeness (QED) is 0.647. The Morgan fingerprint density at radius 2 is 2.25 bits per heavy atom. The van der Waals surface area contributed by atoms with Crippen LogP contribution in [0.15, 0.2) is 29.0 Å². The van der Waals surface area contributed by atoms with Crippen molar-refractivity contribution in [1.82, 2.24) is 9.78 Å². The number of anilines is 2. The van der Waals surface area contributed by atoms with Crippen molar-refractivity contribution in [3.8, 4) is 5.88 Å². The van der Waals surface area contributed by atoms with Gasteiger partial charge in [-0.15, -0.1) is 0 Å². The van der Waals surface area contributed by atoms with Gasteiger partial charge < -0.3 is 15.9 Å². The Bertz CT molecular complexity index is 376. The molecule has 0 unspecified atom stereocenters. The summed E-state index contributed by atoms with van der Waals surface area (Å²) in [6, 6.07) is 3.51. The molecule has 0 aliphatic rings. The maximum atomic E-state index is 5.61. The SMILES string of the molecule is Nc1cnn(-c2ccco2)c1N. The molecular formula is C7H8N4O. The van der Waals surface area contributed by atoms with Gasteiger partial charge in [0.15, 0.2) is 5.82 Å². The van der Waals surface area contributed by atoms with Gasteiger partial charge in [0.25, 0.3) is 0 Å². The number of nitrogen functional groups attached to an aromatic ring is 2. The maximum Gasteiger partial charge on any atom is 0.221 e. The van der Waals surface area contributed by atoms with Crippen LogP contribution in [-0.4, -0.2) is 9.78 Å². The van der Waals surface area contributed by atoms with Crippen LogP contribution in [0, 0.1) is 0 Å². The molecule has 0 saturated carbocycles. The molecular weight excluding hydrogens is 156 g/mol. The van der Waals surface area contributed by atoms with Crippen LogP contribution in [0.25, 0.3) is 5.88 Å². The molecule has 2 rings (SSSR count). The van der Waals surface area contributed by atoms with E-state index in [1.54, 1.807) is 18.4 Å². The van der Waals surface area contributed by atoms with Gasteiger partial charge >= 0.3 is 0 Å². The highest BCUT2D eigenvalue weighted by Crippen LogP contribution is 2.18. The van der Waals surface area contributed by atoms with Gasteiger partial charge in [0.05, 0.1) is 18.1 Å². The van der Waals surface area contributed by atoms with E-state index in [2.05, 4.69) is 5.10 Å². The monoisotopic (exact) mass is 164 g/mol. The predicted molar refractivity (Wildman–Crippen MR) is 44.7 cm³/mol. The molecule has 62 valence electrons. The predicted octanol–water partition coefficient (Wildman–Crippen LogP) is 0.630. The number of hydrogen-bond acceptors (Lipinski definition) is 4. The number of furan rings is 1. The zero-order chi connectivity index (χ0) is 8.55. The van der Waals surface area contributed by atoms with Crippen LogP contribution in [0.1, 0.15) is 0 Å². The van der Waals surface area contributed by atoms with Crippen molar-refractivity contribution in [3.63, 3.8) is 0 Å². The van der Waals surface area contributed by atoms with E-state index in [9.17, 15) is 0 Å². The Morgan fingerprint density at radius 1 is 1.42 bits per heavy atom. The Hall–Kier alpha value is -1.91. The molecule has 0 saturated heterocycles. The third-order valence-electron chi connectivity index (χ3n) is 1.55. The van der Waals surface area contributed by atoms with E-state index in [1.807, 2.05) is 0 Å². The lowest BCUT2D eigenvalue weighted by atomic mass is 10.5. The first-order valence-corrected chi connectivity index (χ1v) is 3.42. The van der Waals surface area contributed by atoms with Crippen LogP contribution < -0.4 is 11.5 Å². The van der Waals surface area contributed by atoms with Gasteiger partial charge in [0.2, 0.25) is 5.88 Å². The second kappa shape index (κ2) is 2.30. The summed E-state index contributed by atoms with van der Waals surface area (Å²) >= 11 is 0. The average Bonchev–Trinajstić information content (AvgIpc) is 2.64. The molecule has 4 N–H and O–H groups in total. The highest BCUT2D eigenvalue weighted by molar-refractivity contribution is 5.59. The summed E-state index contributed by atoms with van der Waals surface area (Å²) in [4.78, 5) is 0. The summed E-state index contributed by atoms with van der Waals surface area (Å²) in [6.45, 7) is 0. The first-order valence-electron chi connectivity index (χ1n) is 3.42. The first-order chi connectivity index (χ1) is 5.79. The van der Waals surface area contributed by atoms with E-state index in [4.69, 9.17) is 15.9 Å². The van der Waals surface area contributed by atoms with E-state index >= 15 is 0 Å². The molecule has 0 aliphatic heterocycles. The van der Waals surface area contributed by atoms with E-state index in [1.165, 1.54) is 10.9 Å². The first kappa shape index (κ1) is 6.78. The van der Waals surface area contributed by atoms with Crippen molar-refractivity contribution < 1.29 is 4.42 Å². The third-order valence-corrected chi connectivity index (χ3v) is 1.55. The van der Waals surface area contributed by atoms with Crippen LogP contribution in [-0.2, 0) is 0 Å². The Morgan fingerprint density at radius 3 is 2.75 bits per heavy atom. The molecule has 2 heterocycles. The van der Waals surface area contributed by atoms with Crippen LogP contribution >= 0.6 is 0 Å². The fourth-order valence-corrected chi connectivity index (χ4v) is 0.937. The van der Waals surface area contributed by atoms with Gasteiger partial charge in [-0.25, -0.2) is 0 Å². The van der Waals surface area contributed by atoms with E-state index in [-0.39, 0.29) is 0 Å². The highest BCUT2D eigenvalue weighted by atomic mass is 16.3. The van der Waals surface area contributed by atoms with Crippen LogP contribution in [0.3, 0.4) is 0 Å². The number of hydrogen-bond donors (Lipinski definition) is 2. The summed E-state index contributed by atoms with van der Waals surface area (Å²) < 4.78 is 6.52. The smallest absolute Gasteiger partial charge is 0.221 e. The molecule has 0 aliphatic carbocycles. The Balaban J connectivity index is 2.55. The molecule has 12 heavy (non-hydrogen) atoms. The zero-order valence-electron chi connectivity index (χ0n) is 6.27. The van der Waals surface area contributed by atoms with Crippen molar-refractivity contribution in [2.45, 2.75) is 0 Å². The molecule has 0 bridgehead atoms. The average molecular weight is 164 g/mol. The molecule has 2 aromatic rings. The largest absolute Gasteiger partial charge is 0.447 e. The number of nitrogens with zero attached hydrogens (tertiary/aromatic N) is 2. The summed E-state index contributed by atoms with van der Waals surface area (Å²) in [5.41, 5.74) is 11.6. The fourth-order valence-electron chi connectivity index (χ4n) is 0.937. The van der Waals surface area contributed by atoms with Crippen molar-refractivity contribution in [2.75, 3.05) is 11.5 Å². The minimum absolute atomic E-state index is 0.393. The number of rotatable bonds is 1. The summed E-state index contributed by atoms with van der Waals surface area (Å²) in [7, 11) is 0. The molecule has 5 heteroatoms. The van der Waals surface area contributed by atoms with Gasteiger partial charge in [-0.2, -0.15) is 9.78 Å². The van der Waals surface area contributed by atoms with Gasteiger partial charge in [-0.3, -0.25) is 0 Å². The number of aromatic nitrogens is 2. The molecule has 0 amide bonds. The lowest BCUT2D eigenvalue weighted by Gasteiger charge is -1.97. The van der Waals surface area contributed by atoms with Crippen LogP contribution in [0.4, 0.5) is 11.5 Å². The normalized spacial score (nSPS) is 10.3. The van der Waals surface area contributed by atoms with Gasteiger partial charge in [0, 0.05) is 6.07 Å². The molecule has 0 aromatic carbocycles. The van der Waals surface area contributed by atoms with Crippen LogP contribution in [0.2, 0.25) is 0 Å². The van der Waals surface area contributed by atoms with Gasteiger partial charge in [0.1, 0.15) is 0 Å². The topological polar surface area (TPSA) is 83.0 Å². The van der Waals surface area contributed by atoms with E-state index in [0.717, 1.165) is 0 Å². The molecule has 0 radical (unpaired) electrons. The second-order valence-corrected chi connectivity index (χ2v) is 2.35. The summed E-state index contributed by atoms with van der Waals surface area (Å²) in [5, 5.41) is 3.93. The molecule has 5 nitrogen and oxygen atoms in total. The summed E-state index contributed by atoms with van der Waals surface area (Å²) in [6.07, 6.45) is 3.03. The Kier molecular flexibility index (Phi) is 1.30. The summed E-state index contributed by atoms with van der Waals surface area (Å²) in [5.74, 6) is 0.953. The lowest BCUT2D eigenvalue weighted by molar-refractivity contribution is 0.525. The van der Waals surface area contributed by atoms with E-state index in [0.29, 0.717) is 17.4 Å². The lowest BCUT2D eigenvalue weighted by Crippen LogP contribution is -2.01. The zero-order valence-corrected chi connectivity index (χ0v) is 6.27. The third kappa shape index (κ3) is 0.833. The molecule has 0 fully saturated rings. The Labute approximate surface area is 68.6 Å². The molecule has 2 aromatic heterocycles. The minimum atomic E-state index is 0.393. The standard InChI is InChI=1S/C7H8N4O/c8-5-4-10-11(7(5)9)6-2-1-3-12-6/h1-4H,8-9H2. The molecule has 0 spiro atoms. The number of nitrogens with two attached hydrogens (primary N) is 2. The van der Waals surface area contributed by atoms with Crippen molar-refractivity contribution in [2.24, 2.45) is 0 Å².